The van der Waals surface area contributed by atoms with Crippen molar-refractivity contribution in [2.75, 3.05) is 36.4 Å². The average Bonchev–Trinajstić information content (AvgIpc) is 3.67. The number of fused-ring (bicyclic) bond motifs is 5. The Labute approximate surface area is 449 Å². The van der Waals surface area contributed by atoms with E-state index in [1.165, 1.54) is 53.0 Å². The van der Waals surface area contributed by atoms with E-state index in [0.29, 0.717) is 44.4 Å². The minimum Gasteiger partial charge on any atom is -0.507 e. The number of aliphatic hydroxyl groups is 3. The number of rotatable bonds is 11. The van der Waals surface area contributed by atoms with Crippen LogP contribution in [-0.4, -0.2) is 117 Å². The topological polar surface area (TPSA) is 291 Å². The molecular formula is C57H68N4O17. The van der Waals surface area contributed by atoms with Crippen molar-refractivity contribution in [3.8, 4) is 11.5 Å². The second kappa shape index (κ2) is 23.4. The largest absolute Gasteiger partial charge is 0.507 e. The van der Waals surface area contributed by atoms with Gasteiger partial charge in [-0.1, -0.05) is 52.8 Å². The average molecular weight is 1080 g/mol. The lowest BCUT2D eigenvalue weighted by Gasteiger charge is -2.38. The summed E-state index contributed by atoms with van der Waals surface area (Å²) in [5.41, 5.74) is -2.16. The zero-order valence-corrected chi connectivity index (χ0v) is 45.4. The molecule has 1 unspecified atom stereocenters. The minimum atomic E-state index is -1.99. The lowest BCUT2D eigenvalue weighted by molar-refractivity contribution is -0.172. The van der Waals surface area contributed by atoms with Crippen LogP contribution >= 0.6 is 0 Å². The van der Waals surface area contributed by atoms with Gasteiger partial charge in [0.1, 0.15) is 41.4 Å². The molecule has 1 amide bonds. The Hall–Kier alpha value is -7.78. The molecule has 1 saturated heterocycles. The van der Waals surface area contributed by atoms with Crippen LogP contribution in [0.2, 0.25) is 0 Å². The highest BCUT2D eigenvalue weighted by atomic mass is 16.7. The summed E-state index contributed by atoms with van der Waals surface area (Å²) in [4.78, 5) is 98.5. The number of nitrogens with one attached hydrogen (secondary N) is 1. The first kappa shape index (κ1) is 57.9. The molecule has 21 nitrogen and oxygen atoms in total. The molecule has 3 aliphatic rings. The van der Waals surface area contributed by atoms with Gasteiger partial charge in [-0.05, 0) is 44.8 Å². The van der Waals surface area contributed by atoms with Gasteiger partial charge in [-0.15, -0.1) is 0 Å². The monoisotopic (exact) mass is 1080 g/mol. The summed E-state index contributed by atoms with van der Waals surface area (Å²) >= 11 is 0. The molecule has 0 saturated carbocycles. The number of anilines is 2. The summed E-state index contributed by atoms with van der Waals surface area (Å²) in [5.74, 6) is -8.58. The van der Waals surface area contributed by atoms with E-state index in [4.69, 9.17) is 33.1 Å². The molecule has 0 spiro atoms. The van der Waals surface area contributed by atoms with E-state index in [1.54, 1.807) is 45.1 Å². The van der Waals surface area contributed by atoms with Crippen molar-refractivity contribution in [2.45, 2.75) is 112 Å². The number of carbonyl (C=O) groups is 5. The van der Waals surface area contributed by atoms with Crippen LogP contribution in [-0.2, 0) is 42.9 Å². The molecule has 4 heterocycles. The number of aldehydes is 2. The number of phenols is 1. The van der Waals surface area contributed by atoms with Crippen molar-refractivity contribution in [1.29, 1.82) is 0 Å². The molecule has 0 aliphatic carbocycles. The maximum absolute atomic E-state index is 15.0. The molecule has 0 radical (unpaired) electrons. The number of carbonyl (C=O) groups excluding carboxylic acids is 5. The van der Waals surface area contributed by atoms with Gasteiger partial charge in [0.05, 0.1) is 35.0 Å². The molecule has 21 heteroatoms. The quantitative estimate of drug-likeness (QED) is 0.0236. The molecule has 5 bridgehead atoms. The smallest absolute Gasteiger partial charge is 0.308 e. The van der Waals surface area contributed by atoms with E-state index in [2.05, 4.69) is 11.9 Å². The Balaban J connectivity index is 1.31. The fourth-order valence-corrected chi connectivity index (χ4v) is 10.1. The Morgan fingerprint density at radius 1 is 0.923 bits per heavy atom. The Bertz CT molecular complexity index is 3320. The van der Waals surface area contributed by atoms with Crippen LogP contribution in [0.5, 0.6) is 11.5 Å². The van der Waals surface area contributed by atoms with Gasteiger partial charge in [-0.25, -0.2) is 4.98 Å². The van der Waals surface area contributed by atoms with Gasteiger partial charge >= 0.3 is 17.7 Å². The summed E-state index contributed by atoms with van der Waals surface area (Å²) in [6.45, 7) is 21.4. The van der Waals surface area contributed by atoms with Crippen molar-refractivity contribution < 1.29 is 72.5 Å². The number of aromatic hydroxyl groups is 1. The third kappa shape index (κ3) is 11.6. The van der Waals surface area contributed by atoms with Crippen LogP contribution < -0.4 is 31.0 Å². The van der Waals surface area contributed by atoms with Crippen molar-refractivity contribution in [1.82, 2.24) is 9.88 Å². The molecular weight excluding hydrogens is 1010 g/mol. The number of piperazine rings is 1. The molecule has 1 fully saturated rings. The number of allylic oxidation sites excluding steroid dienone is 3. The number of benzene rings is 3. The molecule has 1 aromatic heterocycles. The summed E-state index contributed by atoms with van der Waals surface area (Å²) < 4.78 is 35.8. The van der Waals surface area contributed by atoms with Gasteiger partial charge in [0.25, 0.3) is 5.91 Å². The van der Waals surface area contributed by atoms with Gasteiger partial charge in [-0.2, -0.15) is 0 Å². The van der Waals surface area contributed by atoms with Crippen molar-refractivity contribution in [3.63, 3.8) is 0 Å². The first-order valence-corrected chi connectivity index (χ1v) is 25.9. The summed E-state index contributed by atoms with van der Waals surface area (Å²) in [7, 11) is 0. The highest BCUT2D eigenvalue weighted by Crippen LogP contribution is 2.42. The van der Waals surface area contributed by atoms with E-state index < -0.39 is 106 Å². The van der Waals surface area contributed by atoms with Gasteiger partial charge < -0.3 is 73.2 Å². The molecule has 10 atom stereocenters. The van der Waals surface area contributed by atoms with Gasteiger partial charge in [0.2, 0.25) is 17.1 Å². The van der Waals surface area contributed by atoms with Crippen molar-refractivity contribution in [3.05, 3.63) is 92.0 Å². The molecule has 418 valence electrons. The van der Waals surface area contributed by atoms with Gasteiger partial charge in [-0.3, -0.25) is 24.0 Å². The molecule has 5 N–H and O–H groups in total. The third-order valence-corrected chi connectivity index (χ3v) is 15.2. The number of aliphatic hydroxyl groups excluding tert-OH is 3. The third-order valence-electron chi connectivity index (χ3n) is 15.2. The Morgan fingerprint density at radius 2 is 1.60 bits per heavy atom. The maximum Gasteiger partial charge on any atom is 0.308 e. The van der Waals surface area contributed by atoms with Crippen LogP contribution in [0, 0.1) is 42.4 Å². The Morgan fingerprint density at radius 3 is 2.26 bits per heavy atom. The molecule has 78 heavy (non-hydrogen) atoms. The van der Waals surface area contributed by atoms with Crippen LogP contribution in [0.1, 0.15) is 80.7 Å². The second-order valence-corrected chi connectivity index (χ2v) is 20.7. The highest BCUT2D eigenvalue weighted by molar-refractivity contribution is 6.17. The van der Waals surface area contributed by atoms with Crippen LogP contribution in [0.15, 0.2) is 74.7 Å². The minimum absolute atomic E-state index is 0.00722. The number of aromatic nitrogens is 1. The van der Waals surface area contributed by atoms with Crippen LogP contribution in [0.4, 0.5) is 11.4 Å². The van der Waals surface area contributed by atoms with E-state index in [-0.39, 0.29) is 79.7 Å². The number of esters is 2. The van der Waals surface area contributed by atoms with Crippen molar-refractivity contribution >= 4 is 80.5 Å². The zero-order chi connectivity index (χ0) is 57.2. The molecule has 3 aliphatic heterocycles. The second-order valence-electron chi connectivity index (χ2n) is 20.7. The fourth-order valence-electron chi connectivity index (χ4n) is 10.1. The van der Waals surface area contributed by atoms with Gasteiger partial charge in [0, 0.05) is 105 Å². The molecule has 3 aromatic carbocycles. The number of phenolic OH excluding ortho intramolecular Hbond substituents is 1. The van der Waals surface area contributed by atoms with E-state index in [0.717, 1.165) is 0 Å². The van der Waals surface area contributed by atoms with Gasteiger partial charge in [0.15, 0.2) is 28.3 Å². The number of ether oxygens (including phenoxy) is 5. The van der Waals surface area contributed by atoms with Crippen molar-refractivity contribution in [2.24, 2.45) is 35.5 Å². The first-order chi connectivity index (χ1) is 36.8. The first-order valence-electron chi connectivity index (χ1n) is 25.9. The van der Waals surface area contributed by atoms with E-state index >= 15 is 0 Å². The zero-order valence-electron chi connectivity index (χ0n) is 45.4. The maximum atomic E-state index is 15.0. The normalized spacial score (nSPS) is 27.1. The van der Waals surface area contributed by atoms with E-state index in [9.17, 15) is 54.0 Å². The molecule has 7 rings (SSSR count). The highest BCUT2D eigenvalue weighted by Gasteiger charge is 2.44. The number of hydrogen-bond donors (Lipinski definition) is 5. The fraction of sp³-hybridized carbons (Fsp3) is 0.474. The van der Waals surface area contributed by atoms with E-state index in [1.807, 2.05) is 23.6 Å². The summed E-state index contributed by atoms with van der Waals surface area (Å²) in [5, 5.41) is 49.3. The predicted molar refractivity (Wildman–Crippen MR) is 288 cm³/mol. The standard InChI is InChI=1S/C57H68N4O17/c1-27-17-22-73-57(11)55(71)44-42-43(50(69)33(7)53(44)78-57)51(70)47(59-56(72)29(3)14-12-13-28(2)48(67)31(5)49(68)32(6)52(30(27)4)75-35(9)64)54-46(42)58-45-39(65)23-38(24-40(45)77-54)61-20-18-60(19-21-61)34(8)74-36(10)76-41(66)16-15-37(25-62)26-63/h12-14,17,22-28,30-32,36-37,48-49,52,67-69,71H,8,15-16,18-21H2,1-7,9-11H3,(H,59,72)/b13-12+,22-17+,29-14-/t27-,28-,30+,31+,32+,36?,48-,49+,52+,57-/m0/s1. The lowest BCUT2D eigenvalue weighted by atomic mass is 9.77. The Kier molecular flexibility index (Phi) is 17.4. The number of nitrogens with zero attached hydrogens (tertiary/aromatic N) is 3. The lowest BCUT2D eigenvalue weighted by Crippen LogP contribution is -2.46. The van der Waals surface area contributed by atoms with Crippen LogP contribution in [0.25, 0.3) is 38.7 Å². The number of hydrogen-bond acceptors (Lipinski definition) is 20. The molecule has 4 aromatic rings. The predicted octanol–water partition coefficient (Wildman–Crippen LogP) is 5.47. The summed E-state index contributed by atoms with van der Waals surface area (Å²) in [6, 6.07) is 2.93. The van der Waals surface area contributed by atoms with Crippen LogP contribution in [0.3, 0.4) is 0 Å². The summed E-state index contributed by atoms with van der Waals surface area (Å²) in [6.07, 6.45) is 4.33. The SMILES string of the molecule is C=C(OC(C)OC(=O)CCC(C=O)C=O)N1CCN(c2cc(=O)c3nc4c(oc3c2)c2c(=O)c3c(O)c(C)c5c(c34)=C(O)[C@@](C)(O/C=C/[C@H](C)[C@@H](C)[C@@H](OC(C)=O)[C@H](C)[C@H](O)[C@H](C)[C@@H](O)[C@@H](C)/C=C/C=C(/C)C(=O)N2)O5)CC1. The number of amides is 1.